The van der Waals surface area contributed by atoms with Crippen LogP contribution in [0.15, 0.2) is 52.3 Å². The number of benzene rings is 1. The maximum absolute atomic E-state index is 12.1. The van der Waals surface area contributed by atoms with Gasteiger partial charge >= 0.3 is 0 Å². The molecular weight excluding hydrogens is 265 g/mol. The first-order valence-electron chi connectivity index (χ1n) is 4.47. The lowest BCUT2D eigenvalue weighted by atomic mass is 10.4. The van der Waals surface area contributed by atoms with E-state index in [1.807, 2.05) is 18.2 Å². The summed E-state index contributed by atoms with van der Waals surface area (Å²) in [4.78, 5) is 5.07. The molecule has 0 aliphatic heterocycles. The molecule has 0 radical (unpaired) electrons. The number of halogens is 2. The van der Waals surface area contributed by atoms with Gasteiger partial charge in [0.05, 0.1) is 10.8 Å². The van der Waals surface area contributed by atoms with Gasteiger partial charge in [-0.25, -0.2) is 9.19 Å². The Hall–Kier alpha value is -0.900. The van der Waals surface area contributed by atoms with E-state index >= 15 is 0 Å². The van der Waals surface area contributed by atoms with Gasteiger partial charge in [0, 0.05) is 9.79 Å². The molecular formula is C11H7Cl2NOS. The van der Waals surface area contributed by atoms with Crippen LogP contribution in [-0.4, -0.2) is 9.19 Å². The van der Waals surface area contributed by atoms with Crippen molar-refractivity contribution in [2.24, 2.45) is 0 Å². The molecule has 0 fully saturated rings. The van der Waals surface area contributed by atoms with Crippen LogP contribution in [0.4, 0.5) is 0 Å². The zero-order valence-electron chi connectivity index (χ0n) is 8.06. The van der Waals surface area contributed by atoms with Crippen molar-refractivity contribution in [1.82, 2.24) is 4.98 Å². The van der Waals surface area contributed by atoms with Crippen molar-refractivity contribution >= 4 is 34.0 Å². The minimum absolute atomic E-state index is 0.242. The van der Waals surface area contributed by atoms with Crippen molar-refractivity contribution in [2.45, 2.75) is 9.79 Å². The first-order chi connectivity index (χ1) is 7.66. The predicted octanol–water partition coefficient (Wildman–Crippen LogP) is 3.56. The summed E-state index contributed by atoms with van der Waals surface area (Å²) in [6.07, 6.45) is 0. The van der Waals surface area contributed by atoms with Gasteiger partial charge in [-0.2, -0.15) is 0 Å². The van der Waals surface area contributed by atoms with Gasteiger partial charge in [-0.15, -0.1) is 0 Å². The predicted molar refractivity (Wildman–Crippen MR) is 65.4 cm³/mol. The fraction of sp³-hybridized carbons (Fsp3) is 0. The van der Waals surface area contributed by atoms with Crippen molar-refractivity contribution in [3.8, 4) is 0 Å². The second-order valence-corrected chi connectivity index (χ2v) is 5.28. The van der Waals surface area contributed by atoms with Gasteiger partial charge in [-0.05, 0) is 24.3 Å². The number of aromatic nitrogens is 1. The molecule has 0 saturated heterocycles. The SMILES string of the molecule is O=S(c1ccccc1)c1cc(Cl)nc(Cl)c1. The fourth-order valence-electron chi connectivity index (χ4n) is 1.23. The minimum atomic E-state index is -1.28. The highest BCUT2D eigenvalue weighted by Crippen LogP contribution is 2.21. The third-order valence-corrected chi connectivity index (χ3v) is 3.66. The highest BCUT2D eigenvalue weighted by atomic mass is 35.5. The summed E-state index contributed by atoms with van der Waals surface area (Å²) >= 11 is 11.5. The van der Waals surface area contributed by atoms with E-state index in [0.29, 0.717) is 9.79 Å². The summed E-state index contributed by atoms with van der Waals surface area (Å²) in [6.45, 7) is 0. The molecule has 5 heteroatoms. The molecule has 0 spiro atoms. The Balaban J connectivity index is 2.42. The molecule has 0 N–H and O–H groups in total. The molecule has 2 aromatic rings. The molecule has 0 bridgehead atoms. The van der Waals surface area contributed by atoms with E-state index < -0.39 is 10.8 Å². The van der Waals surface area contributed by atoms with Crippen LogP contribution in [0.5, 0.6) is 0 Å². The number of hydrogen-bond acceptors (Lipinski definition) is 2. The molecule has 1 aromatic heterocycles. The first-order valence-corrected chi connectivity index (χ1v) is 6.37. The van der Waals surface area contributed by atoms with E-state index in [1.54, 1.807) is 24.3 Å². The Bertz CT molecular complexity index is 511. The Morgan fingerprint density at radius 3 is 2.06 bits per heavy atom. The first kappa shape index (κ1) is 11.6. The van der Waals surface area contributed by atoms with Crippen molar-refractivity contribution in [3.05, 3.63) is 52.8 Å². The smallest absolute Gasteiger partial charge is 0.132 e. The molecule has 0 aliphatic carbocycles. The van der Waals surface area contributed by atoms with Crippen LogP contribution in [-0.2, 0) is 10.8 Å². The lowest BCUT2D eigenvalue weighted by Crippen LogP contribution is -1.93. The number of hydrogen-bond donors (Lipinski definition) is 0. The van der Waals surface area contributed by atoms with Crippen molar-refractivity contribution in [2.75, 3.05) is 0 Å². The van der Waals surface area contributed by atoms with Crippen LogP contribution in [0.1, 0.15) is 0 Å². The third kappa shape index (κ3) is 2.61. The average Bonchev–Trinajstić information content (AvgIpc) is 2.28. The number of nitrogens with zero attached hydrogens (tertiary/aromatic N) is 1. The van der Waals surface area contributed by atoms with Gasteiger partial charge < -0.3 is 0 Å². The molecule has 2 rings (SSSR count). The van der Waals surface area contributed by atoms with E-state index in [1.165, 1.54) is 0 Å². The van der Waals surface area contributed by atoms with Gasteiger partial charge in [-0.3, -0.25) is 0 Å². The highest BCUT2D eigenvalue weighted by molar-refractivity contribution is 7.85. The summed E-state index contributed by atoms with van der Waals surface area (Å²) < 4.78 is 12.1. The van der Waals surface area contributed by atoms with Crippen LogP contribution in [0, 0.1) is 0 Å². The van der Waals surface area contributed by atoms with E-state index in [9.17, 15) is 4.21 Å². The number of rotatable bonds is 2. The Kier molecular flexibility index (Phi) is 3.59. The third-order valence-electron chi connectivity index (χ3n) is 1.91. The molecule has 1 heterocycles. The normalized spacial score (nSPS) is 12.4. The standard InChI is InChI=1S/C11H7Cl2NOS/c12-10-6-9(7-11(13)14-10)16(15)8-4-2-1-3-5-8/h1-7H. The second kappa shape index (κ2) is 4.95. The second-order valence-electron chi connectivity index (χ2n) is 3.03. The van der Waals surface area contributed by atoms with E-state index in [0.717, 1.165) is 0 Å². The van der Waals surface area contributed by atoms with Crippen LogP contribution in [0.2, 0.25) is 10.3 Å². The van der Waals surface area contributed by atoms with Gasteiger partial charge in [0.1, 0.15) is 10.3 Å². The molecule has 2 nitrogen and oxygen atoms in total. The van der Waals surface area contributed by atoms with Crippen molar-refractivity contribution < 1.29 is 4.21 Å². The van der Waals surface area contributed by atoms with Crippen LogP contribution >= 0.6 is 23.2 Å². The van der Waals surface area contributed by atoms with Gasteiger partial charge in [0.15, 0.2) is 0 Å². The summed E-state index contributed by atoms with van der Waals surface area (Å²) in [7, 11) is -1.28. The van der Waals surface area contributed by atoms with Gasteiger partial charge in [-0.1, -0.05) is 41.4 Å². The molecule has 0 aliphatic rings. The van der Waals surface area contributed by atoms with Gasteiger partial charge in [0.25, 0.3) is 0 Å². The molecule has 1 atom stereocenters. The molecule has 1 aromatic carbocycles. The molecule has 0 amide bonds. The van der Waals surface area contributed by atoms with Crippen LogP contribution in [0.25, 0.3) is 0 Å². The van der Waals surface area contributed by atoms with Gasteiger partial charge in [0.2, 0.25) is 0 Å². The summed E-state index contributed by atoms with van der Waals surface area (Å²) in [5.41, 5.74) is 0. The topological polar surface area (TPSA) is 30.0 Å². The summed E-state index contributed by atoms with van der Waals surface area (Å²) in [5, 5.41) is 0.485. The van der Waals surface area contributed by atoms with Crippen LogP contribution < -0.4 is 0 Å². The Morgan fingerprint density at radius 2 is 1.50 bits per heavy atom. The summed E-state index contributed by atoms with van der Waals surface area (Å²) in [5.74, 6) is 0. The molecule has 16 heavy (non-hydrogen) atoms. The Morgan fingerprint density at radius 1 is 0.938 bits per heavy atom. The van der Waals surface area contributed by atoms with Crippen molar-refractivity contribution in [1.29, 1.82) is 0 Å². The highest BCUT2D eigenvalue weighted by Gasteiger charge is 2.09. The average molecular weight is 272 g/mol. The largest absolute Gasteiger partial charge is 0.249 e. The molecule has 1 unspecified atom stereocenters. The van der Waals surface area contributed by atoms with Crippen LogP contribution in [0.3, 0.4) is 0 Å². The zero-order chi connectivity index (χ0) is 11.5. The van der Waals surface area contributed by atoms with Crippen molar-refractivity contribution in [3.63, 3.8) is 0 Å². The number of pyridine rings is 1. The molecule has 0 saturated carbocycles. The van der Waals surface area contributed by atoms with E-state index in [-0.39, 0.29) is 10.3 Å². The quantitative estimate of drug-likeness (QED) is 0.782. The maximum atomic E-state index is 12.1. The van der Waals surface area contributed by atoms with E-state index in [2.05, 4.69) is 4.98 Å². The summed E-state index contributed by atoms with van der Waals surface area (Å²) in [6, 6.07) is 12.2. The Labute approximate surface area is 106 Å². The lowest BCUT2D eigenvalue weighted by molar-refractivity contribution is 0.683. The maximum Gasteiger partial charge on any atom is 0.132 e. The molecule has 82 valence electrons. The lowest BCUT2D eigenvalue weighted by Gasteiger charge is -2.02. The minimum Gasteiger partial charge on any atom is -0.249 e. The van der Waals surface area contributed by atoms with E-state index in [4.69, 9.17) is 23.2 Å². The fourth-order valence-corrected chi connectivity index (χ4v) is 2.93. The zero-order valence-corrected chi connectivity index (χ0v) is 10.4. The monoisotopic (exact) mass is 271 g/mol.